The van der Waals surface area contributed by atoms with Crippen molar-refractivity contribution in [3.8, 4) is 0 Å². The first-order valence-electron chi connectivity index (χ1n) is 6.44. The number of likely N-dealkylation sites (tertiary alicyclic amines) is 1. The molecule has 1 saturated heterocycles. The van der Waals surface area contributed by atoms with Gasteiger partial charge >= 0.3 is 0 Å². The van der Waals surface area contributed by atoms with Crippen molar-refractivity contribution in [3.63, 3.8) is 0 Å². The monoisotopic (exact) mass is 243 g/mol. The lowest BCUT2D eigenvalue weighted by Gasteiger charge is -2.35. The number of fused-ring (bicyclic) bond motifs is 2. The Bertz CT molecular complexity index is 490. The molecule has 2 amide bonds. The second-order valence-electron chi connectivity index (χ2n) is 5.49. The molecule has 3 rings (SSSR count). The maximum atomic E-state index is 12.2. The van der Waals surface area contributed by atoms with Gasteiger partial charge in [-0.05, 0) is 23.0 Å². The quantitative estimate of drug-likeness (QED) is 0.655. The zero-order chi connectivity index (χ0) is 13.0. The van der Waals surface area contributed by atoms with E-state index in [2.05, 4.69) is 26.0 Å². The Kier molecular flexibility index (Phi) is 2.34. The molecule has 1 heterocycles. The summed E-state index contributed by atoms with van der Waals surface area (Å²) in [5.74, 6) is -0.120. The molecular weight excluding hydrogens is 226 g/mol. The summed E-state index contributed by atoms with van der Waals surface area (Å²) >= 11 is 0. The first kappa shape index (κ1) is 11.5. The normalized spacial score (nSPS) is 34.5. The van der Waals surface area contributed by atoms with Gasteiger partial charge in [-0.3, -0.25) is 14.5 Å². The second kappa shape index (κ2) is 3.67. The van der Waals surface area contributed by atoms with E-state index in [0.29, 0.717) is 0 Å². The number of imide groups is 1. The van der Waals surface area contributed by atoms with E-state index in [9.17, 15) is 9.59 Å². The Morgan fingerprint density at radius 1 is 0.889 bits per heavy atom. The lowest BCUT2D eigenvalue weighted by molar-refractivity contribution is -0.138. The fourth-order valence-electron chi connectivity index (χ4n) is 3.64. The largest absolute Gasteiger partial charge is 0.285 e. The van der Waals surface area contributed by atoms with Crippen LogP contribution in [0.1, 0.15) is 36.8 Å². The fourth-order valence-corrected chi connectivity index (χ4v) is 3.64. The third kappa shape index (κ3) is 1.25. The van der Waals surface area contributed by atoms with Crippen molar-refractivity contribution in [2.45, 2.75) is 25.7 Å². The van der Waals surface area contributed by atoms with Gasteiger partial charge < -0.3 is 0 Å². The summed E-state index contributed by atoms with van der Waals surface area (Å²) in [5, 5.41) is 0. The van der Waals surface area contributed by atoms with Gasteiger partial charge in [-0.1, -0.05) is 38.1 Å². The van der Waals surface area contributed by atoms with Crippen LogP contribution in [0.25, 0.3) is 0 Å². The summed E-state index contributed by atoms with van der Waals surface area (Å²) in [4.78, 5) is 25.8. The lowest BCUT2D eigenvalue weighted by Crippen LogP contribution is -2.33. The van der Waals surface area contributed by atoms with Crippen molar-refractivity contribution in [3.05, 3.63) is 35.4 Å². The molecular formula is C15H17NO2. The van der Waals surface area contributed by atoms with Gasteiger partial charge in [-0.25, -0.2) is 0 Å². The van der Waals surface area contributed by atoms with Crippen LogP contribution in [0.5, 0.6) is 0 Å². The molecule has 18 heavy (non-hydrogen) atoms. The summed E-state index contributed by atoms with van der Waals surface area (Å²) < 4.78 is 0. The van der Waals surface area contributed by atoms with Crippen LogP contribution in [0, 0.1) is 11.8 Å². The number of benzene rings is 1. The number of carbonyl (C=O) groups excluding carboxylic acids is 2. The third-order valence-electron chi connectivity index (χ3n) is 4.67. The minimum absolute atomic E-state index is 0.0150. The molecule has 0 spiro atoms. The van der Waals surface area contributed by atoms with E-state index < -0.39 is 0 Å². The predicted molar refractivity (Wildman–Crippen MR) is 68.0 cm³/mol. The molecule has 0 N–H and O–H groups in total. The Hall–Kier alpha value is -1.64. The van der Waals surface area contributed by atoms with E-state index in [1.54, 1.807) is 7.05 Å². The standard InChI is InChI=1S/C15H17NO2/c1-8-10-6-4-5-7-11(10)9(2)13-12(8)14(17)16(3)15(13)18/h4-9,12-13H,1-3H3/t8-,9+,12-,13+. The number of rotatable bonds is 0. The van der Waals surface area contributed by atoms with Crippen molar-refractivity contribution < 1.29 is 9.59 Å². The molecule has 1 aliphatic carbocycles. The van der Waals surface area contributed by atoms with E-state index in [0.717, 1.165) is 0 Å². The number of hydrogen-bond donors (Lipinski definition) is 0. The fraction of sp³-hybridized carbons (Fsp3) is 0.467. The summed E-state index contributed by atoms with van der Waals surface area (Å²) in [6.07, 6.45) is 0. The molecule has 94 valence electrons. The highest BCUT2D eigenvalue weighted by Gasteiger charge is 2.53. The molecule has 1 aromatic rings. The van der Waals surface area contributed by atoms with Crippen LogP contribution >= 0.6 is 0 Å². The topological polar surface area (TPSA) is 37.4 Å². The molecule has 0 bridgehead atoms. The number of amides is 2. The minimum atomic E-state index is -0.174. The van der Waals surface area contributed by atoms with E-state index in [-0.39, 0.29) is 35.5 Å². The highest BCUT2D eigenvalue weighted by molar-refractivity contribution is 6.06. The van der Waals surface area contributed by atoms with E-state index in [1.807, 2.05) is 12.1 Å². The molecule has 3 heteroatoms. The Labute approximate surface area is 107 Å². The van der Waals surface area contributed by atoms with E-state index in [4.69, 9.17) is 0 Å². The van der Waals surface area contributed by atoms with Crippen molar-refractivity contribution in [1.29, 1.82) is 0 Å². The van der Waals surface area contributed by atoms with Gasteiger partial charge in [0, 0.05) is 7.05 Å². The Morgan fingerprint density at radius 2 is 1.28 bits per heavy atom. The molecule has 1 fully saturated rings. The maximum Gasteiger partial charge on any atom is 0.233 e. The van der Waals surface area contributed by atoms with Crippen LogP contribution in [0.2, 0.25) is 0 Å². The van der Waals surface area contributed by atoms with Crippen LogP contribution in [0.15, 0.2) is 24.3 Å². The molecule has 0 unspecified atom stereocenters. The summed E-state index contributed by atoms with van der Waals surface area (Å²) in [5.41, 5.74) is 2.45. The molecule has 1 aliphatic heterocycles. The summed E-state index contributed by atoms with van der Waals surface area (Å²) in [6, 6.07) is 8.19. The van der Waals surface area contributed by atoms with Gasteiger partial charge in [0.25, 0.3) is 0 Å². The number of nitrogens with zero attached hydrogens (tertiary/aromatic N) is 1. The molecule has 3 nitrogen and oxygen atoms in total. The highest BCUT2D eigenvalue weighted by atomic mass is 16.2. The lowest BCUT2D eigenvalue weighted by atomic mass is 9.66. The van der Waals surface area contributed by atoms with Crippen LogP contribution in [-0.2, 0) is 9.59 Å². The van der Waals surface area contributed by atoms with Crippen LogP contribution in [0.4, 0.5) is 0 Å². The maximum absolute atomic E-state index is 12.2. The molecule has 4 atom stereocenters. The zero-order valence-corrected chi connectivity index (χ0v) is 10.9. The molecule has 0 aromatic heterocycles. The molecule has 2 aliphatic rings. The van der Waals surface area contributed by atoms with Gasteiger partial charge in [0.05, 0.1) is 11.8 Å². The van der Waals surface area contributed by atoms with E-state index in [1.165, 1.54) is 16.0 Å². The number of carbonyl (C=O) groups is 2. The minimum Gasteiger partial charge on any atom is -0.285 e. The van der Waals surface area contributed by atoms with Gasteiger partial charge in [0.1, 0.15) is 0 Å². The predicted octanol–water partition coefficient (Wildman–Crippen LogP) is 2.14. The van der Waals surface area contributed by atoms with Gasteiger partial charge in [0.15, 0.2) is 0 Å². The smallest absolute Gasteiger partial charge is 0.233 e. The average Bonchev–Trinajstić information content (AvgIpc) is 2.61. The number of hydrogen-bond acceptors (Lipinski definition) is 2. The van der Waals surface area contributed by atoms with Gasteiger partial charge in [-0.2, -0.15) is 0 Å². The average molecular weight is 243 g/mol. The Balaban J connectivity index is 2.17. The van der Waals surface area contributed by atoms with Gasteiger partial charge in [-0.15, -0.1) is 0 Å². The van der Waals surface area contributed by atoms with Crippen LogP contribution in [0.3, 0.4) is 0 Å². The van der Waals surface area contributed by atoms with Gasteiger partial charge in [0.2, 0.25) is 11.8 Å². The first-order chi connectivity index (χ1) is 8.54. The van der Waals surface area contributed by atoms with Crippen molar-refractivity contribution in [2.75, 3.05) is 7.05 Å². The summed E-state index contributed by atoms with van der Waals surface area (Å²) in [6.45, 7) is 4.12. The summed E-state index contributed by atoms with van der Waals surface area (Å²) in [7, 11) is 1.60. The highest BCUT2D eigenvalue weighted by Crippen LogP contribution is 2.50. The van der Waals surface area contributed by atoms with Crippen LogP contribution in [-0.4, -0.2) is 23.8 Å². The molecule has 0 radical (unpaired) electrons. The van der Waals surface area contributed by atoms with Crippen LogP contribution < -0.4 is 0 Å². The van der Waals surface area contributed by atoms with Crippen molar-refractivity contribution in [2.24, 2.45) is 11.8 Å². The Morgan fingerprint density at radius 3 is 1.67 bits per heavy atom. The first-order valence-corrected chi connectivity index (χ1v) is 6.44. The third-order valence-corrected chi connectivity index (χ3v) is 4.67. The van der Waals surface area contributed by atoms with Crippen molar-refractivity contribution >= 4 is 11.8 Å². The molecule has 1 aromatic carbocycles. The molecule has 0 saturated carbocycles. The second-order valence-corrected chi connectivity index (χ2v) is 5.49. The van der Waals surface area contributed by atoms with Crippen molar-refractivity contribution in [1.82, 2.24) is 4.90 Å². The SMILES string of the molecule is C[C@@H]1c2ccccc2[C@H](C)[C@@H]2C(=O)N(C)C(=O)[C@@H]21. The van der Waals surface area contributed by atoms with E-state index >= 15 is 0 Å². The zero-order valence-electron chi connectivity index (χ0n) is 10.9.